The lowest BCUT2D eigenvalue weighted by Crippen LogP contribution is -2.00. The molecule has 20 heavy (non-hydrogen) atoms. The quantitative estimate of drug-likeness (QED) is 0.608. The summed E-state index contributed by atoms with van der Waals surface area (Å²) >= 11 is 12.2. The topological polar surface area (TPSA) is 0 Å². The van der Waals surface area contributed by atoms with E-state index in [0.29, 0.717) is 11.8 Å². The van der Waals surface area contributed by atoms with Crippen LogP contribution in [-0.4, -0.2) is 0 Å². The standard InChI is InChI=1S/C18H20Cl2/c1-12(2)17-11-14(4-9-18(17)20)10-13(3)15-5-7-16(19)8-6-15/h4-9,11-13H,10H2,1-3H3. The van der Waals surface area contributed by atoms with Gasteiger partial charge in [0.05, 0.1) is 0 Å². The van der Waals surface area contributed by atoms with Crippen molar-refractivity contribution in [3.8, 4) is 0 Å². The van der Waals surface area contributed by atoms with Gasteiger partial charge in [0, 0.05) is 10.0 Å². The zero-order valence-electron chi connectivity index (χ0n) is 12.2. The summed E-state index contributed by atoms with van der Waals surface area (Å²) in [6, 6.07) is 14.5. The smallest absolute Gasteiger partial charge is 0.0440 e. The molecule has 2 aromatic carbocycles. The number of rotatable bonds is 4. The number of hydrogen-bond acceptors (Lipinski definition) is 0. The lowest BCUT2D eigenvalue weighted by molar-refractivity contribution is 0.755. The van der Waals surface area contributed by atoms with Gasteiger partial charge in [-0.15, -0.1) is 0 Å². The molecule has 0 aliphatic heterocycles. The summed E-state index contributed by atoms with van der Waals surface area (Å²) in [5, 5.41) is 1.65. The predicted molar refractivity (Wildman–Crippen MR) is 89.1 cm³/mol. The van der Waals surface area contributed by atoms with Crippen molar-refractivity contribution in [2.45, 2.75) is 39.0 Å². The molecule has 2 heteroatoms. The summed E-state index contributed by atoms with van der Waals surface area (Å²) in [6.07, 6.45) is 1.01. The van der Waals surface area contributed by atoms with Gasteiger partial charge in [-0.25, -0.2) is 0 Å². The first kappa shape index (κ1) is 15.4. The van der Waals surface area contributed by atoms with Crippen molar-refractivity contribution in [3.63, 3.8) is 0 Å². The van der Waals surface area contributed by atoms with Gasteiger partial charge in [-0.05, 0) is 53.1 Å². The van der Waals surface area contributed by atoms with Crippen LogP contribution in [0.3, 0.4) is 0 Å². The first-order chi connectivity index (χ1) is 9.47. The normalized spacial score (nSPS) is 12.7. The fourth-order valence-electron chi connectivity index (χ4n) is 2.43. The van der Waals surface area contributed by atoms with Gasteiger partial charge in [0.2, 0.25) is 0 Å². The van der Waals surface area contributed by atoms with E-state index < -0.39 is 0 Å². The Hall–Kier alpha value is -0.980. The molecule has 0 saturated carbocycles. The van der Waals surface area contributed by atoms with E-state index in [1.54, 1.807) is 0 Å². The molecule has 2 aromatic rings. The molecule has 0 aliphatic rings. The molecule has 1 atom stereocenters. The van der Waals surface area contributed by atoms with E-state index in [0.717, 1.165) is 16.5 Å². The second-order valence-electron chi connectivity index (χ2n) is 5.67. The SMILES string of the molecule is CC(C)c1cc(CC(C)c2ccc(Cl)cc2)ccc1Cl. The zero-order valence-corrected chi connectivity index (χ0v) is 13.7. The van der Waals surface area contributed by atoms with E-state index in [-0.39, 0.29) is 0 Å². The summed E-state index contributed by atoms with van der Waals surface area (Å²) in [4.78, 5) is 0. The van der Waals surface area contributed by atoms with Crippen LogP contribution in [0.5, 0.6) is 0 Å². The molecule has 0 aliphatic carbocycles. The van der Waals surface area contributed by atoms with Crippen molar-refractivity contribution < 1.29 is 0 Å². The summed E-state index contributed by atoms with van der Waals surface area (Å²) in [7, 11) is 0. The van der Waals surface area contributed by atoms with Crippen molar-refractivity contribution in [1.82, 2.24) is 0 Å². The average molecular weight is 307 g/mol. The second-order valence-corrected chi connectivity index (χ2v) is 6.51. The molecule has 0 radical (unpaired) electrons. The Labute approximate surface area is 131 Å². The Balaban J connectivity index is 2.17. The van der Waals surface area contributed by atoms with E-state index in [1.807, 2.05) is 18.2 Å². The van der Waals surface area contributed by atoms with Crippen LogP contribution in [-0.2, 0) is 6.42 Å². The minimum Gasteiger partial charge on any atom is -0.0843 e. The van der Waals surface area contributed by atoms with Crippen LogP contribution in [0.1, 0.15) is 49.3 Å². The van der Waals surface area contributed by atoms with E-state index in [2.05, 4.69) is 45.0 Å². The van der Waals surface area contributed by atoms with Crippen LogP contribution in [0.4, 0.5) is 0 Å². The lowest BCUT2D eigenvalue weighted by Gasteiger charge is -2.15. The first-order valence-corrected chi connectivity index (χ1v) is 7.76. The Bertz CT molecular complexity index is 570. The van der Waals surface area contributed by atoms with Crippen molar-refractivity contribution >= 4 is 23.2 Å². The molecule has 0 saturated heterocycles. The van der Waals surface area contributed by atoms with E-state index >= 15 is 0 Å². The van der Waals surface area contributed by atoms with Crippen molar-refractivity contribution in [2.24, 2.45) is 0 Å². The second kappa shape index (κ2) is 6.65. The highest BCUT2D eigenvalue weighted by molar-refractivity contribution is 6.31. The Morgan fingerprint density at radius 1 is 0.900 bits per heavy atom. The molecular weight excluding hydrogens is 287 g/mol. The molecule has 0 fully saturated rings. The molecule has 1 unspecified atom stereocenters. The van der Waals surface area contributed by atoms with Crippen LogP contribution < -0.4 is 0 Å². The maximum Gasteiger partial charge on any atom is 0.0440 e. The zero-order chi connectivity index (χ0) is 14.7. The number of hydrogen-bond donors (Lipinski definition) is 0. The minimum atomic E-state index is 0.452. The van der Waals surface area contributed by atoms with Crippen LogP contribution in [0.15, 0.2) is 42.5 Å². The summed E-state index contributed by atoms with van der Waals surface area (Å²) in [6.45, 7) is 6.59. The van der Waals surface area contributed by atoms with Gasteiger partial charge in [0.15, 0.2) is 0 Å². The maximum atomic E-state index is 6.25. The van der Waals surface area contributed by atoms with Gasteiger partial charge in [-0.1, -0.05) is 68.2 Å². The fraction of sp³-hybridized carbons (Fsp3) is 0.333. The third kappa shape index (κ3) is 3.77. The van der Waals surface area contributed by atoms with Gasteiger partial charge >= 0.3 is 0 Å². The summed E-state index contributed by atoms with van der Waals surface area (Å²) in [5.74, 6) is 0.918. The summed E-state index contributed by atoms with van der Waals surface area (Å²) < 4.78 is 0. The van der Waals surface area contributed by atoms with Crippen LogP contribution in [0, 0.1) is 0 Å². The van der Waals surface area contributed by atoms with Crippen molar-refractivity contribution in [3.05, 3.63) is 69.2 Å². The molecule has 106 valence electrons. The molecule has 0 amide bonds. The molecule has 0 N–H and O–H groups in total. The molecule has 0 heterocycles. The highest BCUT2D eigenvalue weighted by Crippen LogP contribution is 2.28. The monoisotopic (exact) mass is 306 g/mol. The molecule has 0 spiro atoms. The Morgan fingerprint density at radius 3 is 2.15 bits per heavy atom. The fourth-order valence-corrected chi connectivity index (χ4v) is 2.89. The maximum absolute atomic E-state index is 6.25. The molecule has 2 rings (SSSR count). The Morgan fingerprint density at radius 2 is 1.55 bits per heavy atom. The lowest BCUT2D eigenvalue weighted by atomic mass is 9.91. The summed E-state index contributed by atoms with van der Waals surface area (Å²) in [5.41, 5.74) is 3.88. The highest BCUT2D eigenvalue weighted by atomic mass is 35.5. The van der Waals surface area contributed by atoms with Crippen LogP contribution >= 0.6 is 23.2 Å². The van der Waals surface area contributed by atoms with Gasteiger partial charge in [-0.3, -0.25) is 0 Å². The van der Waals surface area contributed by atoms with Gasteiger partial charge in [0.25, 0.3) is 0 Å². The van der Waals surface area contributed by atoms with E-state index in [4.69, 9.17) is 23.2 Å². The largest absolute Gasteiger partial charge is 0.0843 e. The van der Waals surface area contributed by atoms with Crippen LogP contribution in [0.25, 0.3) is 0 Å². The number of benzene rings is 2. The minimum absolute atomic E-state index is 0.452. The van der Waals surface area contributed by atoms with E-state index in [9.17, 15) is 0 Å². The van der Waals surface area contributed by atoms with Crippen LogP contribution in [0.2, 0.25) is 10.0 Å². The molecule has 0 aromatic heterocycles. The van der Waals surface area contributed by atoms with Crippen molar-refractivity contribution in [2.75, 3.05) is 0 Å². The molecule has 0 nitrogen and oxygen atoms in total. The van der Waals surface area contributed by atoms with Gasteiger partial charge in [0.1, 0.15) is 0 Å². The Kier molecular flexibility index (Phi) is 5.12. The highest BCUT2D eigenvalue weighted by Gasteiger charge is 2.10. The van der Waals surface area contributed by atoms with Crippen molar-refractivity contribution in [1.29, 1.82) is 0 Å². The van der Waals surface area contributed by atoms with E-state index in [1.165, 1.54) is 16.7 Å². The average Bonchev–Trinajstić information content (AvgIpc) is 2.41. The first-order valence-electron chi connectivity index (χ1n) is 7.01. The third-order valence-electron chi connectivity index (χ3n) is 3.66. The predicted octanol–water partition coefficient (Wildman–Crippen LogP) is 6.46. The molecule has 0 bridgehead atoms. The number of halogens is 2. The van der Waals surface area contributed by atoms with Gasteiger partial charge < -0.3 is 0 Å². The third-order valence-corrected chi connectivity index (χ3v) is 4.26. The van der Waals surface area contributed by atoms with Gasteiger partial charge in [-0.2, -0.15) is 0 Å². The molecular formula is C18H20Cl2.